The highest BCUT2D eigenvalue weighted by molar-refractivity contribution is 7.80. The molecule has 0 aliphatic carbocycles. The molecule has 2 rings (SSSR count). The summed E-state index contributed by atoms with van der Waals surface area (Å²) < 4.78 is 0. The molecule has 1 fully saturated rings. The van der Waals surface area contributed by atoms with Crippen molar-refractivity contribution in [2.45, 2.75) is 25.8 Å². The van der Waals surface area contributed by atoms with Gasteiger partial charge in [-0.05, 0) is 63.8 Å². The number of rotatable bonds is 2. The molecule has 1 aromatic rings. The Balaban J connectivity index is 1.80. The zero-order valence-corrected chi connectivity index (χ0v) is 11.8. The summed E-state index contributed by atoms with van der Waals surface area (Å²) in [6, 6.07) is 4.44. The van der Waals surface area contributed by atoms with Gasteiger partial charge >= 0.3 is 0 Å². The lowest BCUT2D eigenvalue weighted by Crippen LogP contribution is -2.44. The maximum atomic E-state index is 5.30. The summed E-state index contributed by atoms with van der Waals surface area (Å²) in [5.74, 6) is 0.797. The van der Waals surface area contributed by atoms with Crippen molar-refractivity contribution in [1.29, 1.82) is 0 Å². The van der Waals surface area contributed by atoms with Gasteiger partial charge in [0.1, 0.15) is 5.82 Å². The van der Waals surface area contributed by atoms with Gasteiger partial charge < -0.3 is 15.5 Å². The summed E-state index contributed by atoms with van der Waals surface area (Å²) >= 11 is 5.30. The van der Waals surface area contributed by atoms with Crippen molar-refractivity contribution in [2.75, 3.05) is 25.5 Å². The van der Waals surface area contributed by atoms with Crippen molar-refractivity contribution < 1.29 is 0 Å². The molecule has 98 valence electrons. The molecule has 1 aliphatic heterocycles. The largest absolute Gasteiger partial charge is 0.360 e. The molecular weight excluding hydrogens is 244 g/mol. The highest BCUT2D eigenvalue weighted by Gasteiger charge is 2.16. The number of anilines is 1. The summed E-state index contributed by atoms with van der Waals surface area (Å²) in [4.78, 5) is 6.62. The Morgan fingerprint density at radius 2 is 2.11 bits per heavy atom. The van der Waals surface area contributed by atoms with E-state index in [2.05, 4.69) is 27.6 Å². The Bertz CT molecular complexity index is 396. The number of piperidine rings is 1. The number of likely N-dealkylation sites (tertiary alicyclic amines) is 1. The molecule has 4 nitrogen and oxygen atoms in total. The lowest BCUT2D eigenvalue weighted by molar-refractivity contribution is 0.247. The molecule has 2 heterocycles. The molecule has 0 aromatic carbocycles. The van der Waals surface area contributed by atoms with Crippen molar-refractivity contribution in [2.24, 2.45) is 0 Å². The molecule has 0 atom stereocenters. The molecule has 0 unspecified atom stereocenters. The molecule has 2 N–H and O–H groups in total. The minimum absolute atomic E-state index is 0.478. The van der Waals surface area contributed by atoms with E-state index in [-0.39, 0.29) is 0 Å². The lowest BCUT2D eigenvalue weighted by atomic mass is 10.1. The third kappa shape index (κ3) is 3.92. The molecule has 0 amide bonds. The Morgan fingerprint density at radius 3 is 2.72 bits per heavy atom. The van der Waals surface area contributed by atoms with Crippen LogP contribution in [0.5, 0.6) is 0 Å². The van der Waals surface area contributed by atoms with Gasteiger partial charge in [0.15, 0.2) is 5.11 Å². The predicted molar refractivity (Wildman–Crippen MR) is 78.8 cm³/mol. The lowest BCUT2D eigenvalue weighted by Gasteiger charge is -2.30. The number of nitrogens with one attached hydrogen (secondary N) is 2. The Hall–Kier alpha value is -1.20. The standard InChI is InChI=1S/C13H20N4S/c1-10-3-4-12(14-9-10)16-13(18)15-11-5-7-17(2)8-6-11/h3-4,9,11H,5-8H2,1-2H3,(H2,14,15,16,18). The zero-order valence-electron chi connectivity index (χ0n) is 10.9. The van der Waals surface area contributed by atoms with Crippen LogP contribution in [-0.2, 0) is 0 Å². The van der Waals surface area contributed by atoms with E-state index < -0.39 is 0 Å². The minimum Gasteiger partial charge on any atom is -0.360 e. The fourth-order valence-corrected chi connectivity index (χ4v) is 2.30. The third-order valence-electron chi connectivity index (χ3n) is 3.21. The van der Waals surface area contributed by atoms with Crippen LogP contribution in [-0.4, -0.2) is 41.2 Å². The number of hydrogen-bond acceptors (Lipinski definition) is 3. The van der Waals surface area contributed by atoms with Gasteiger partial charge in [-0.1, -0.05) is 6.07 Å². The molecule has 0 saturated carbocycles. The first-order valence-corrected chi connectivity index (χ1v) is 6.73. The third-order valence-corrected chi connectivity index (χ3v) is 3.43. The number of thiocarbonyl (C=S) groups is 1. The number of nitrogens with zero attached hydrogens (tertiary/aromatic N) is 2. The molecule has 5 heteroatoms. The second-order valence-corrected chi connectivity index (χ2v) is 5.31. The fourth-order valence-electron chi connectivity index (χ4n) is 2.03. The Morgan fingerprint density at radius 1 is 1.39 bits per heavy atom. The van der Waals surface area contributed by atoms with Gasteiger partial charge in [0.2, 0.25) is 0 Å². The van der Waals surface area contributed by atoms with E-state index in [9.17, 15) is 0 Å². The first-order chi connectivity index (χ1) is 8.63. The highest BCUT2D eigenvalue weighted by Crippen LogP contribution is 2.09. The van der Waals surface area contributed by atoms with Crippen LogP contribution < -0.4 is 10.6 Å². The second-order valence-electron chi connectivity index (χ2n) is 4.90. The van der Waals surface area contributed by atoms with Crippen molar-refractivity contribution in [3.8, 4) is 0 Å². The fraction of sp³-hybridized carbons (Fsp3) is 0.538. The van der Waals surface area contributed by atoms with Gasteiger partial charge in [0, 0.05) is 12.2 Å². The Labute approximate surface area is 114 Å². The Kier molecular flexibility index (Phi) is 4.49. The van der Waals surface area contributed by atoms with Crippen LogP contribution >= 0.6 is 12.2 Å². The minimum atomic E-state index is 0.478. The van der Waals surface area contributed by atoms with Crippen LogP contribution in [0.4, 0.5) is 5.82 Å². The number of hydrogen-bond donors (Lipinski definition) is 2. The summed E-state index contributed by atoms with van der Waals surface area (Å²) in [6.45, 7) is 4.28. The van der Waals surface area contributed by atoms with Crippen molar-refractivity contribution in [1.82, 2.24) is 15.2 Å². The van der Waals surface area contributed by atoms with Gasteiger partial charge in [-0.15, -0.1) is 0 Å². The number of pyridine rings is 1. The monoisotopic (exact) mass is 264 g/mol. The molecule has 0 bridgehead atoms. The first-order valence-electron chi connectivity index (χ1n) is 6.32. The van der Waals surface area contributed by atoms with Crippen LogP contribution in [0.2, 0.25) is 0 Å². The van der Waals surface area contributed by atoms with E-state index >= 15 is 0 Å². The average molecular weight is 264 g/mol. The summed E-state index contributed by atoms with van der Waals surface area (Å²) in [7, 11) is 2.16. The van der Waals surface area contributed by atoms with Crippen LogP contribution in [0.25, 0.3) is 0 Å². The predicted octanol–water partition coefficient (Wildman–Crippen LogP) is 1.77. The van der Waals surface area contributed by atoms with E-state index in [0.29, 0.717) is 11.2 Å². The van der Waals surface area contributed by atoms with E-state index in [1.807, 2.05) is 25.3 Å². The van der Waals surface area contributed by atoms with Gasteiger partial charge in [-0.3, -0.25) is 0 Å². The van der Waals surface area contributed by atoms with E-state index in [4.69, 9.17) is 12.2 Å². The average Bonchev–Trinajstić information content (AvgIpc) is 2.35. The maximum Gasteiger partial charge on any atom is 0.172 e. The number of aromatic nitrogens is 1. The molecule has 0 spiro atoms. The molecular formula is C13H20N4S. The van der Waals surface area contributed by atoms with Crippen molar-refractivity contribution in [3.63, 3.8) is 0 Å². The quantitative estimate of drug-likeness (QED) is 0.797. The second kappa shape index (κ2) is 6.11. The first kappa shape index (κ1) is 13.2. The summed E-state index contributed by atoms with van der Waals surface area (Å²) in [5, 5.41) is 7.15. The van der Waals surface area contributed by atoms with Gasteiger partial charge in [0.25, 0.3) is 0 Å². The zero-order chi connectivity index (χ0) is 13.0. The van der Waals surface area contributed by atoms with E-state index in [0.717, 1.165) is 37.3 Å². The van der Waals surface area contributed by atoms with Crippen molar-refractivity contribution in [3.05, 3.63) is 23.9 Å². The highest BCUT2D eigenvalue weighted by atomic mass is 32.1. The van der Waals surface area contributed by atoms with Gasteiger partial charge in [-0.25, -0.2) is 4.98 Å². The molecule has 0 radical (unpaired) electrons. The number of aryl methyl sites for hydroxylation is 1. The van der Waals surface area contributed by atoms with E-state index in [1.54, 1.807) is 0 Å². The van der Waals surface area contributed by atoms with Crippen LogP contribution in [0.15, 0.2) is 18.3 Å². The molecule has 1 aliphatic rings. The van der Waals surface area contributed by atoms with Gasteiger partial charge in [0.05, 0.1) is 0 Å². The maximum absolute atomic E-state index is 5.30. The van der Waals surface area contributed by atoms with Crippen LogP contribution in [0, 0.1) is 6.92 Å². The normalized spacial score (nSPS) is 17.4. The van der Waals surface area contributed by atoms with Gasteiger partial charge in [-0.2, -0.15) is 0 Å². The SMILES string of the molecule is Cc1ccc(NC(=S)NC2CCN(C)CC2)nc1. The smallest absolute Gasteiger partial charge is 0.172 e. The topological polar surface area (TPSA) is 40.2 Å². The van der Waals surface area contributed by atoms with Crippen LogP contribution in [0.3, 0.4) is 0 Å². The van der Waals surface area contributed by atoms with E-state index in [1.165, 1.54) is 0 Å². The molecule has 18 heavy (non-hydrogen) atoms. The van der Waals surface area contributed by atoms with Crippen molar-refractivity contribution >= 4 is 23.1 Å². The summed E-state index contributed by atoms with van der Waals surface area (Å²) in [6.07, 6.45) is 4.11. The summed E-state index contributed by atoms with van der Waals surface area (Å²) in [5.41, 5.74) is 1.15. The van der Waals surface area contributed by atoms with Crippen LogP contribution in [0.1, 0.15) is 18.4 Å². The molecule has 1 saturated heterocycles. The molecule has 1 aromatic heterocycles.